The number of aromatic carboxylic acids is 1. The number of carboxylic acid groups (broad SMARTS) is 1. The summed E-state index contributed by atoms with van der Waals surface area (Å²) in [5, 5.41) is 11.7. The Morgan fingerprint density at radius 3 is 2.57 bits per heavy atom. The summed E-state index contributed by atoms with van der Waals surface area (Å²) in [5.41, 5.74) is 8.31. The Hall–Kier alpha value is -2.66. The first-order valence-corrected chi connectivity index (χ1v) is 6.45. The fourth-order valence-corrected chi connectivity index (χ4v) is 1.92. The number of amides is 1. The van der Waals surface area contributed by atoms with Crippen LogP contribution in [0.5, 0.6) is 0 Å². The molecule has 0 fully saturated rings. The van der Waals surface area contributed by atoms with Crippen molar-refractivity contribution in [3.05, 3.63) is 64.7 Å². The molecule has 5 nitrogen and oxygen atoms in total. The number of nitrogens with two attached hydrogens (primary N) is 1. The minimum atomic E-state index is -1.03. The Kier molecular flexibility index (Phi) is 4.35. The summed E-state index contributed by atoms with van der Waals surface area (Å²) in [5.74, 6) is -1.33. The van der Waals surface area contributed by atoms with Gasteiger partial charge in [-0.3, -0.25) is 4.79 Å². The van der Waals surface area contributed by atoms with Gasteiger partial charge in [-0.1, -0.05) is 18.2 Å². The fraction of sp³-hybridized carbons (Fsp3) is 0.125. The molecule has 0 aliphatic heterocycles. The zero-order valence-electron chi connectivity index (χ0n) is 11.6. The largest absolute Gasteiger partial charge is 0.478 e. The van der Waals surface area contributed by atoms with Crippen molar-refractivity contribution in [2.75, 3.05) is 5.32 Å². The van der Waals surface area contributed by atoms with Gasteiger partial charge < -0.3 is 16.2 Å². The van der Waals surface area contributed by atoms with E-state index < -0.39 is 5.97 Å². The monoisotopic (exact) mass is 284 g/mol. The molecule has 2 aromatic rings. The lowest BCUT2D eigenvalue weighted by Crippen LogP contribution is -2.14. The Balaban J connectivity index is 2.26. The van der Waals surface area contributed by atoms with Crippen LogP contribution in [0.3, 0.4) is 0 Å². The van der Waals surface area contributed by atoms with Gasteiger partial charge in [-0.2, -0.15) is 0 Å². The zero-order valence-corrected chi connectivity index (χ0v) is 11.6. The van der Waals surface area contributed by atoms with E-state index in [0.717, 1.165) is 11.1 Å². The maximum atomic E-state index is 12.2. The molecule has 0 spiro atoms. The van der Waals surface area contributed by atoms with Gasteiger partial charge in [0.1, 0.15) is 0 Å². The number of carboxylic acids is 1. The molecule has 0 unspecified atom stereocenters. The summed E-state index contributed by atoms with van der Waals surface area (Å²) in [6.07, 6.45) is 0. The minimum absolute atomic E-state index is 0.131. The van der Waals surface area contributed by atoms with E-state index in [-0.39, 0.29) is 11.5 Å². The molecule has 0 saturated carbocycles. The maximum absolute atomic E-state index is 12.2. The van der Waals surface area contributed by atoms with Crippen LogP contribution < -0.4 is 11.1 Å². The molecule has 0 aromatic heterocycles. The molecule has 0 aliphatic carbocycles. The summed E-state index contributed by atoms with van der Waals surface area (Å²) in [7, 11) is 0. The number of hydrogen-bond acceptors (Lipinski definition) is 3. The molecule has 0 saturated heterocycles. The van der Waals surface area contributed by atoms with Gasteiger partial charge in [-0.15, -0.1) is 0 Å². The smallest absolute Gasteiger partial charge is 0.335 e. The van der Waals surface area contributed by atoms with Gasteiger partial charge in [0, 0.05) is 17.8 Å². The van der Waals surface area contributed by atoms with E-state index in [1.807, 2.05) is 6.07 Å². The minimum Gasteiger partial charge on any atom is -0.478 e. The molecule has 2 aromatic carbocycles. The summed E-state index contributed by atoms with van der Waals surface area (Å²) in [4.78, 5) is 23.2. The molecule has 1 amide bonds. The average molecular weight is 284 g/mol. The first-order valence-electron chi connectivity index (χ1n) is 6.45. The van der Waals surface area contributed by atoms with E-state index >= 15 is 0 Å². The van der Waals surface area contributed by atoms with E-state index in [1.165, 1.54) is 12.1 Å². The number of benzene rings is 2. The number of rotatable bonds is 4. The summed E-state index contributed by atoms with van der Waals surface area (Å²) < 4.78 is 0. The molecule has 0 aliphatic rings. The van der Waals surface area contributed by atoms with Gasteiger partial charge in [0.05, 0.1) is 5.56 Å². The number of anilines is 1. The van der Waals surface area contributed by atoms with Crippen LogP contribution in [0.25, 0.3) is 0 Å². The highest BCUT2D eigenvalue weighted by atomic mass is 16.4. The molecule has 108 valence electrons. The van der Waals surface area contributed by atoms with Crippen molar-refractivity contribution in [1.29, 1.82) is 0 Å². The van der Waals surface area contributed by atoms with Crippen LogP contribution in [0.1, 0.15) is 31.8 Å². The summed E-state index contributed by atoms with van der Waals surface area (Å²) >= 11 is 0. The van der Waals surface area contributed by atoms with Gasteiger partial charge in [-0.05, 0) is 42.3 Å². The van der Waals surface area contributed by atoms with Crippen LogP contribution in [0.4, 0.5) is 5.69 Å². The molecule has 4 N–H and O–H groups in total. The predicted octanol–water partition coefficient (Wildman–Crippen LogP) is 2.40. The van der Waals surface area contributed by atoms with Crippen LogP contribution in [0.15, 0.2) is 42.5 Å². The van der Waals surface area contributed by atoms with Crippen molar-refractivity contribution in [3.8, 4) is 0 Å². The second kappa shape index (κ2) is 6.19. The number of carbonyl (C=O) groups is 2. The molecule has 2 rings (SSSR count). The number of aryl methyl sites for hydroxylation is 1. The number of nitrogens with one attached hydrogen (secondary N) is 1. The molecule has 21 heavy (non-hydrogen) atoms. The topological polar surface area (TPSA) is 92.4 Å². The normalized spacial score (nSPS) is 10.2. The highest BCUT2D eigenvalue weighted by molar-refractivity contribution is 6.05. The van der Waals surface area contributed by atoms with Crippen LogP contribution >= 0.6 is 0 Å². The van der Waals surface area contributed by atoms with Crippen LogP contribution in [0.2, 0.25) is 0 Å². The highest BCUT2D eigenvalue weighted by Gasteiger charge is 2.11. The van der Waals surface area contributed by atoms with Crippen molar-refractivity contribution < 1.29 is 14.7 Å². The van der Waals surface area contributed by atoms with Gasteiger partial charge in [0.2, 0.25) is 0 Å². The Morgan fingerprint density at radius 1 is 1.14 bits per heavy atom. The second-order valence-corrected chi connectivity index (χ2v) is 4.69. The Morgan fingerprint density at radius 2 is 1.90 bits per heavy atom. The lowest BCUT2D eigenvalue weighted by atomic mass is 10.1. The van der Waals surface area contributed by atoms with Crippen molar-refractivity contribution in [1.82, 2.24) is 0 Å². The summed E-state index contributed by atoms with van der Waals surface area (Å²) in [6, 6.07) is 11.6. The number of hydrogen-bond donors (Lipinski definition) is 3. The van der Waals surface area contributed by atoms with Gasteiger partial charge in [-0.25, -0.2) is 4.79 Å². The van der Waals surface area contributed by atoms with Crippen LogP contribution in [0, 0.1) is 6.92 Å². The van der Waals surface area contributed by atoms with Crippen molar-refractivity contribution in [2.24, 2.45) is 5.73 Å². The third-order valence-electron chi connectivity index (χ3n) is 3.16. The Labute approximate surface area is 122 Å². The molecule has 0 atom stereocenters. The molecule has 0 heterocycles. The fourth-order valence-electron chi connectivity index (χ4n) is 1.92. The van der Waals surface area contributed by atoms with Gasteiger partial charge in [0.15, 0.2) is 0 Å². The average Bonchev–Trinajstić information content (AvgIpc) is 2.49. The van der Waals surface area contributed by atoms with E-state index in [1.54, 1.807) is 31.2 Å². The van der Waals surface area contributed by atoms with E-state index in [2.05, 4.69) is 5.32 Å². The molecule has 0 radical (unpaired) electrons. The van der Waals surface area contributed by atoms with Crippen molar-refractivity contribution >= 4 is 17.6 Å². The van der Waals surface area contributed by atoms with Crippen LogP contribution in [-0.2, 0) is 6.54 Å². The van der Waals surface area contributed by atoms with Gasteiger partial charge >= 0.3 is 5.97 Å². The summed E-state index contributed by atoms with van der Waals surface area (Å²) in [6.45, 7) is 2.16. The SMILES string of the molecule is Cc1ccc(C(=O)O)cc1NC(=O)c1cccc(CN)c1. The first-order chi connectivity index (χ1) is 10.0. The van der Waals surface area contributed by atoms with Crippen LogP contribution in [-0.4, -0.2) is 17.0 Å². The van der Waals surface area contributed by atoms with E-state index in [4.69, 9.17) is 10.8 Å². The first kappa shape index (κ1) is 14.7. The number of carbonyl (C=O) groups excluding carboxylic acids is 1. The highest BCUT2D eigenvalue weighted by Crippen LogP contribution is 2.18. The van der Waals surface area contributed by atoms with Gasteiger partial charge in [0.25, 0.3) is 5.91 Å². The van der Waals surface area contributed by atoms with Crippen molar-refractivity contribution in [3.63, 3.8) is 0 Å². The van der Waals surface area contributed by atoms with Crippen molar-refractivity contribution in [2.45, 2.75) is 13.5 Å². The molecule has 0 bridgehead atoms. The standard InChI is InChI=1S/C16H16N2O3/c1-10-5-6-13(16(20)21)8-14(10)18-15(19)12-4-2-3-11(7-12)9-17/h2-8H,9,17H2,1H3,(H,18,19)(H,20,21). The Bertz CT molecular complexity index is 696. The molecule has 5 heteroatoms. The zero-order chi connectivity index (χ0) is 15.4. The third-order valence-corrected chi connectivity index (χ3v) is 3.16. The van der Waals surface area contributed by atoms with E-state index in [9.17, 15) is 9.59 Å². The molecular formula is C16H16N2O3. The van der Waals surface area contributed by atoms with E-state index in [0.29, 0.717) is 17.8 Å². The lowest BCUT2D eigenvalue weighted by molar-refractivity contribution is 0.0696. The second-order valence-electron chi connectivity index (χ2n) is 4.69. The maximum Gasteiger partial charge on any atom is 0.335 e. The quantitative estimate of drug-likeness (QED) is 0.803. The third kappa shape index (κ3) is 3.46. The lowest BCUT2D eigenvalue weighted by Gasteiger charge is -2.10. The molecular weight excluding hydrogens is 268 g/mol. The predicted molar refractivity (Wildman–Crippen MR) is 80.4 cm³/mol.